The van der Waals surface area contributed by atoms with Gasteiger partial charge in [0.25, 0.3) is 0 Å². The van der Waals surface area contributed by atoms with E-state index in [-0.39, 0.29) is 5.82 Å². The summed E-state index contributed by atoms with van der Waals surface area (Å²) in [6, 6.07) is 6.44. The smallest absolute Gasteiger partial charge is 0.123 e. The number of rotatable bonds is 5. The van der Waals surface area contributed by atoms with E-state index >= 15 is 0 Å². The molecule has 0 radical (unpaired) electrons. The molecule has 2 nitrogen and oxygen atoms in total. The van der Waals surface area contributed by atoms with Gasteiger partial charge < -0.3 is 10.1 Å². The molecular formula is C17H26FNO. The Bertz CT molecular complexity index is 416. The third-order valence-electron chi connectivity index (χ3n) is 3.98. The maximum absolute atomic E-state index is 12.8. The number of hydrogen-bond donors (Lipinski definition) is 1. The topological polar surface area (TPSA) is 21.3 Å². The number of anilines is 1. The van der Waals surface area contributed by atoms with E-state index in [0.29, 0.717) is 18.1 Å². The van der Waals surface area contributed by atoms with Crippen molar-refractivity contribution in [3.05, 3.63) is 30.1 Å². The van der Waals surface area contributed by atoms with Gasteiger partial charge in [0.2, 0.25) is 0 Å². The second kappa shape index (κ2) is 6.57. The lowest BCUT2D eigenvalue weighted by Gasteiger charge is -2.38. The lowest BCUT2D eigenvalue weighted by atomic mass is 9.71. The molecule has 1 saturated carbocycles. The molecule has 1 aromatic rings. The molecule has 0 bridgehead atoms. The molecule has 0 heterocycles. The summed E-state index contributed by atoms with van der Waals surface area (Å²) in [7, 11) is 0. The maximum atomic E-state index is 12.8. The predicted octanol–water partition coefficient (Wildman–Crippen LogP) is 4.47. The average Bonchev–Trinajstić information content (AvgIpc) is 2.34. The second-order valence-electron chi connectivity index (χ2n) is 6.84. The minimum absolute atomic E-state index is 0.203. The van der Waals surface area contributed by atoms with Crippen LogP contribution in [0.2, 0.25) is 0 Å². The van der Waals surface area contributed by atoms with Crippen LogP contribution in [-0.2, 0) is 4.74 Å². The molecule has 0 amide bonds. The number of ether oxygens (including phenoxy) is 1. The Morgan fingerprint density at radius 1 is 1.25 bits per heavy atom. The van der Waals surface area contributed by atoms with Crippen LogP contribution in [0.5, 0.6) is 0 Å². The van der Waals surface area contributed by atoms with E-state index in [9.17, 15) is 4.39 Å². The van der Waals surface area contributed by atoms with E-state index in [1.54, 1.807) is 12.1 Å². The van der Waals surface area contributed by atoms with E-state index in [4.69, 9.17) is 4.74 Å². The van der Waals surface area contributed by atoms with Crippen LogP contribution in [0.15, 0.2) is 24.3 Å². The van der Waals surface area contributed by atoms with Crippen LogP contribution in [0, 0.1) is 17.2 Å². The van der Waals surface area contributed by atoms with Crippen molar-refractivity contribution < 1.29 is 9.13 Å². The molecule has 2 rings (SSSR count). The largest absolute Gasteiger partial charge is 0.383 e. The fraction of sp³-hybridized carbons (Fsp3) is 0.647. The van der Waals surface area contributed by atoms with Crippen LogP contribution in [0.1, 0.15) is 40.0 Å². The zero-order chi connectivity index (χ0) is 14.6. The van der Waals surface area contributed by atoms with E-state index in [1.807, 2.05) is 0 Å². The molecule has 3 heteroatoms. The molecule has 20 heavy (non-hydrogen) atoms. The highest BCUT2D eigenvalue weighted by atomic mass is 19.1. The number of halogens is 1. The molecule has 0 aliphatic heterocycles. The van der Waals surface area contributed by atoms with Crippen LogP contribution in [0.25, 0.3) is 0 Å². The SMILES string of the molecule is CC1CC(OCCNc2ccc(F)cc2)CC(C)(C)C1. The standard InChI is InChI=1S/C17H26FNO/c1-13-10-16(12-17(2,3)11-13)20-9-8-19-15-6-4-14(18)5-7-15/h4-7,13,16,19H,8-12H2,1-3H3. The van der Waals surface area contributed by atoms with E-state index in [1.165, 1.54) is 25.0 Å². The van der Waals surface area contributed by atoms with Crippen molar-refractivity contribution in [3.8, 4) is 0 Å². The summed E-state index contributed by atoms with van der Waals surface area (Å²) in [4.78, 5) is 0. The highest BCUT2D eigenvalue weighted by Crippen LogP contribution is 2.39. The van der Waals surface area contributed by atoms with Crippen molar-refractivity contribution in [1.82, 2.24) is 0 Å². The number of hydrogen-bond acceptors (Lipinski definition) is 2. The summed E-state index contributed by atoms with van der Waals surface area (Å²) in [6.07, 6.45) is 3.98. The van der Waals surface area contributed by atoms with Gasteiger partial charge in [0, 0.05) is 12.2 Å². The molecule has 1 N–H and O–H groups in total. The molecular weight excluding hydrogens is 253 g/mol. The van der Waals surface area contributed by atoms with Gasteiger partial charge in [0.15, 0.2) is 0 Å². The molecule has 1 aromatic carbocycles. The molecule has 1 fully saturated rings. The summed E-state index contributed by atoms with van der Waals surface area (Å²) in [6.45, 7) is 8.43. The van der Waals surface area contributed by atoms with Crippen LogP contribution < -0.4 is 5.32 Å². The summed E-state index contributed by atoms with van der Waals surface area (Å²) in [5.41, 5.74) is 1.33. The minimum atomic E-state index is -0.203. The quantitative estimate of drug-likeness (QED) is 0.803. The van der Waals surface area contributed by atoms with Crippen molar-refractivity contribution in [2.45, 2.75) is 46.1 Å². The van der Waals surface area contributed by atoms with Crippen LogP contribution >= 0.6 is 0 Å². The van der Waals surface area contributed by atoms with E-state index < -0.39 is 0 Å². The molecule has 112 valence electrons. The van der Waals surface area contributed by atoms with Gasteiger partial charge in [-0.3, -0.25) is 0 Å². The fourth-order valence-electron chi connectivity index (χ4n) is 3.37. The van der Waals surface area contributed by atoms with Gasteiger partial charge in [-0.25, -0.2) is 4.39 Å². The first-order valence-electron chi connectivity index (χ1n) is 7.56. The maximum Gasteiger partial charge on any atom is 0.123 e. The highest BCUT2D eigenvalue weighted by molar-refractivity contribution is 5.42. The van der Waals surface area contributed by atoms with E-state index in [2.05, 4.69) is 26.1 Å². The van der Waals surface area contributed by atoms with Crippen LogP contribution in [0.3, 0.4) is 0 Å². The van der Waals surface area contributed by atoms with Gasteiger partial charge in [-0.2, -0.15) is 0 Å². The second-order valence-corrected chi connectivity index (χ2v) is 6.84. The molecule has 1 aliphatic carbocycles. The van der Waals surface area contributed by atoms with Crippen molar-refractivity contribution in [2.24, 2.45) is 11.3 Å². The zero-order valence-electron chi connectivity index (χ0n) is 12.8. The molecule has 2 unspecified atom stereocenters. The summed E-state index contributed by atoms with van der Waals surface area (Å²) >= 11 is 0. The first-order chi connectivity index (χ1) is 9.44. The summed E-state index contributed by atoms with van der Waals surface area (Å²) in [5.74, 6) is 0.541. The Morgan fingerprint density at radius 2 is 1.95 bits per heavy atom. The average molecular weight is 279 g/mol. The first kappa shape index (κ1) is 15.3. The summed E-state index contributed by atoms with van der Waals surface area (Å²) in [5, 5.41) is 3.25. The Hall–Kier alpha value is -1.09. The van der Waals surface area contributed by atoms with Crippen LogP contribution in [-0.4, -0.2) is 19.3 Å². The third kappa shape index (κ3) is 4.78. The molecule has 0 spiro atoms. The Balaban J connectivity index is 1.69. The molecule has 0 saturated heterocycles. The number of benzene rings is 1. The van der Waals surface area contributed by atoms with Gasteiger partial charge >= 0.3 is 0 Å². The lowest BCUT2D eigenvalue weighted by Crippen LogP contribution is -2.33. The molecule has 0 aromatic heterocycles. The predicted molar refractivity (Wildman–Crippen MR) is 81.4 cm³/mol. The van der Waals surface area contributed by atoms with Gasteiger partial charge in [-0.1, -0.05) is 20.8 Å². The van der Waals surface area contributed by atoms with Crippen LogP contribution in [0.4, 0.5) is 10.1 Å². The van der Waals surface area contributed by atoms with Crippen molar-refractivity contribution in [1.29, 1.82) is 0 Å². The first-order valence-corrected chi connectivity index (χ1v) is 7.56. The Kier molecular flexibility index (Phi) is 5.03. The highest BCUT2D eigenvalue weighted by Gasteiger charge is 2.32. The summed E-state index contributed by atoms with van der Waals surface area (Å²) < 4.78 is 18.8. The van der Waals surface area contributed by atoms with Crippen molar-refractivity contribution in [3.63, 3.8) is 0 Å². The zero-order valence-corrected chi connectivity index (χ0v) is 12.8. The molecule has 1 aliphatic rings. The molecule has 2 atom stereocenters. The Labute approximate surface area is 121 Å². The Morgan fingerprint density at radius 3 is 2.60 bits per heavy atom. The normalized spacial score (nSPS) is 25.4. The fourth-order valence-corrected chi connectivity index (χ4v) is 3.37. The monoisotopic (exact) mass is 279 g/mol. The van der Waals surface area contributed by atoms with Crippen molar-refractivity contribution in [2.75, 3.05) is 18.5 Å². The lowest BCUT2D eigenvalue weighted by molar-refractivity contribution is -0.0185. The third-order valence-corrected chi connectivity index (χ3v) is 3.98. The van der Waals surface area contributed by atoms with Gasteiger partial charge in [-0.05, 0) is 54.9 Å². The minimum Gasteiger partial charge on any atom is -0.383 e. The van der Waals surface area contributed by atoms with Gasteiger partial charge in [0.1, 0.15) is 5.82 Å². The van der Waals surface area contributed by atoms with E-state index in [0.717, 1.165) is 24.6 Å². The van der Waals surface area contributed by atoms with Gasteiger partial charge in [0.05, 0.1) is 12.7 Å². The number of nitrogens with one attached hydrogen (secondary N) is 1. The van der Waals surface area contributed by atoms with Gasteiger partial charge in [-0.15, -0.1) is 0 Å². The van der Waals surface area contributed by atoms with Crippen molar-refractivity contribution >= 4 is 5.69 Å².